The van der Waals surface area contributed by atoms with E-state index in [-0.39, 0.29) is 19.8 Å². The third kappa shape index (κ3) is 6.76. The van der Waals surface area contributed by atoms with Gasteiger partial charge in [-0.15, -0.1) is 0 Å². The Morgan fingerprint density at radius 2 is 1.47 bits per heavy atom. The zero-order chi connectivity index (χ0) is 14.7. The van der Waals surface area contributed by atoms with E-state index in [1.165, 1.54) is 12.2 Å². The number of hydrogen-bond donors (Lipinski definition) is 1. The van der Waals surface area contributed by atoms with E-state index in [9.17, 15) is 14.7 Å². The van der Waals surface area contributed by atoms with Gasteiger partial charge in [0.15, 0.2) is 0 Å². The number of hydrogen-bond acceptors (Lipinski definition) is 5. The van der Waals surface area contributed by atoms with Crippen LogP contribution in [-0.4, -0.2) is 36.9 Å². The van der Waals surface area contributed by atoms with Crippen molar-refractivity contribution in [2.24, 2.45) is 5.41 Å². The molecule has 0 saturated carbocycles. The maximum atomic E-state index is 11.3. The molecule has 108 valence electrons. The molecule has 0 aromatic carbocycles. The van der Waals surface area contributed by atoms with Crippen molar-refractivity contribution in [2.45, 2.75) is 27.2 Å². The lowest BCUT2D eigenvalue weighted by Gasteiger charge is -2.28. The van der Waals surface area contributed by atoms with Crippen LogP contribution in [0.15, 0.2) is 24.3 Å². The quantitative estimate of drug-likeness (QED) is 0.536. The maximum Gasteiger partial charge on any atom is 0.330 e. The average Bonchev–Trinajstić information content (AvgIpc) is 2.40. The van der Waals surface area contributed by atoms with Gasteiger partial charge in [0.2, 0.25) is 0 Å². The Labute approximate surface area is 113 Å². The van der Waals surface area contributed by atoms with E-state index in [0.717, 1.165) is 0 Å². The Hall–Kier alpha value is -1.62. The smallest absolute Gasteiger partial charge is 0.330 e. The molecule has 0 spiro atoms. The fourth-order valence-corrected chi connectivity index (χ4v) is 1.27. The van der Waals surface area contributed by atoms with Crippen molar-refractivity contribution in [3.8, 4) is 0 Å². The van der Waals surface area contributed by atoms with Crippen molar-refractivity contribution >= 4 is 11.9 Å². The first-order valence-corrected chi connectivity index (χ1v) is 6.23. The topological polar surface area (TPSA) is 72.8 Å². The molecule has 0 amide bonds. The first-order valence-electron chi connectivity index (χ1n) is 6.23. The Morgan fingerprint density at radius 1 is 1.05 bits per heavy atom. The zero-order valence-electron chi connectivity index (χ0n) is 11.7. The predicted octanol–water partition coefficient (Wildman–Crippen LogP) is 1.61. The number of allylic oxidation sites excluding steroid dienone is 2. The third-order valence-electron chi connectivity index (χ3n) is 2.73. The Bertz CT molecular complexity index is 310. The average molecular weight is 270 g/mol. The summed E-state index contributed by atoms with van der Waals surface area (Å²) in [7, 11) is 0. The minimum Gasteiger partial charge on any atom is -0.462 e. The van der Waals surface area contributed by atoms with E-state index in [2.05, 4.69) is 0 Å². The second kappa shape index (κ2) is 9.33. The summed E-state index contributed by atoms with van der Waals surface area (Å²) in [6, 6.07) is 0. The first-order chi connectivity index (χ1) is 9.03. The number of carbonyl (C=O) groups is 2. The first kappa shape index (κ1) is 17.4. The molecule has 0 aliphatic carbocycles. The van der Waals surface area contributed by atoms with Crippen LogP contribution in [-0.2, 0) is 19.1 Å². The minimum atomic E-state index is -0.755. The second-order valence-corrected chi connectivity index (χ2v) is 4.23. The van der Waals surface area contributed by atoms with Gasteiger partial charge in [0.1, 0.15) is 13.2 Å². The number of aliphatic hydroxyl groups excluding tert-OH is 1. The summed E-state index contributed by atoms with van der Waals surface area (Å²) in [5.41, 5.74) is -0.755. The highest BCUT2D eigenvalue weighted by molar-refractivity contribution is 5.82. The van der Waals surface area contributed by atoms with Crippen LogP contribution >= 0.6 is 0 Å². The Kier molecular flexibility index (Phi) is 8.53. The van der Waals surface area contributed by atoms with E-state index >= 15 is 0 Å². The fraction of sp³-hybridized carbons (Fsp3) is 0.571. The van der Waals surface area contributed by atoms with Crippen LogP contribution in [0.3, 0.4) is 0 Å². The lowest BCUT2D eigenvalue weighted by Crippen LogP contribution is -2.37. The Morgan fingerprint density at radius 3 is 1.74 bits per heavy atom. The third-order valence-corrected chi connectivity index (χ3v) is 2.73. The van der Waals surface area contributed by atoms with Gasteiger partial charge < -0.3 is 14.6 Å². The highest BCUT2D eigenvalue weighted by Gasteiger charge is 2.31. The number of aliphatic hydroxyl groups is 1. The van der Waals surface area contributed by atoms with E-state index < -0.39 is 17.4 Å². The SMILES string of the molecule is C/C=C\C(=O)OCC(CC)(CO)COC(=O)/C=C\C. The molecule has 0 bridgehead atoms. The van der Waals surface area contributed by atoms with Crippen LogP contribution in [0.5, 0.6) is 0 Å². The minimum absolute atomic E-state index is 0.00624. The van der Waals surface area contributed by atoms with E-state index in [1.54, 1.807) is 26.0 Å². The van der Waals surface area contributed by atoms with Gasteiger partial charge in [-0.3, -0.25) is 0 Å². The monoisotopic (exact) mass is 270 g/mol. The lowest BCUT2D eigenvalue weighted by molar-refractivity contribution is -0.150. The summed E-state index contributed by atoms with van der Waals surface area (Å²) in [5.74, 6) is -0.956. The predicted molar refractivity (Wildman–Crippen MR) is 71.4 cm³/mol. The molecule has 0 aliphatic heterocycles. The molecule has 0 aromatic rings. The summed E-state index contributed by atoms with van der Waals surface area (Å²) in [6.07, 6.45) is 6.25. The van der Waals surface area contributed by atoms with Crippen LogP contribution in [0.25, 0.3) is 0 Å². The number of ether oxygens (including phenoxy) is 2. The zero-order valence-corrected chi connectivity index (χ0v) is 11.7. The van der Waals surface area contributed by atoms with Crippen molar-refractivity contribution in [1.29, 1.82) is 0 Å². The summed E-state index contributed by atoms with van der Waals surface area (Å²) in [6.45, 7) is 5.04. The van der Waals surface area contributed by atoms with Crippen LogP contribution in [0.4, 0.5) is 0 Å². The normalized spacial score (nSPS) is 12.0. The van der Waals surface area contributed by atoms with Crippen molar-refractivity contribution < 1.29 is 24.2 Å². The van der Waals surface area contributed by atoms with Crippen LogP contribution in [0.1, 0.15) is 27.2 Å². The standard InChI is InChI=1S/C14H22O5/c1-4-7-12(16)18-10-14(6-3,9-15)11-19-13(17)8-5-2/h4-5,7-8,15H,6,9-11H2,1-3H3/b7-4-,8-5-. The molecule has 0 aliphatic rings. The van der Waals surface area contributed by atoms with E-state index in [4.69, 9.17) is 9.47 Å². The van der Waals surface area contributed by atoms with Gasteiger partial charge in [0.25, 0.3) is 0 Å². The van der Waals surface area contributed by atoms with Crippen molar-refractivity contribution in [1.82, 2.24) is 0 Å². The molecular formula is C14H22O5. The highest BCUT2D eigenvalue weighted by Crippen LogP contribution is 2.22. The summed E-state index contributed by atoms with van der Waals surface area (Å²) in [4.78, 5) is 22.5. The van der Waals surface area contributed by atoms with Crippen molar-refractivity contribution in [2.75, 3.05) is 19.8 Å². The summed E-state index contributed by atoms with van der Waals surface area (Å²) < 4.78 is 10.1. The largest absolute Gasteiger partial charge is 0.462 e. The second-order valence-electron chi connectivity index (χ2n) is 4.23. The van der Waals surface area contributed by atoms with Crippen LogP contribution < -0.4 is 0 Å². The molecular weight excluding hydrogens is 248 g/mol. The summed E-state index contributed by atoms with van der Waals surface area (Å²) in [5, 5.41) is 9.44. The molecule has 0 heterocycles. The molecule has 1 N–H and O–H groups in total. The molecule has 0 radical (unpaired) electrons. The van der Waals surface area contributed by atoms with Gasteiger partial charge in [-0.25, -0.2) is 9.59 Å². The molecule has 19 heavy (non-hydrogen) atoms. The van der Waals surface area contributed by atoms with Gasteiger partial charge in [0.05, 0.1) is 12.0 Å². The van der Waals surface area contributed by atoms with Gasteiger partial charge in [-0.2, -0.15) is 0 Å². The van der Waals surface area contributed by atoms with Gasteiger partial charge >= 0.3 is 11.9 Å². The van der Waals surface area contributed by atoms with E-state index in [1.807, 2.05) is 6.92 Å². The van der Waals surface area contributed by atoms with Crippen molar-refractivity contribution in [3.63, 3.8) is 0 Å². The lowest BCUT2D eigenvalue weighted by atomic mass is 9.88. The van der Waals surface area contributed by atoms with E-state index in [0.29, 0.717) is 6.42 Å². The Balaban J connectivity index is 4.49. The molecule has 0 saturated heterocycles. The molecule has 0 rings (SSSR count). The number of rotatable bonds is 8. The molecule has 0 atom stereocenters. The van der Waals surface area contributed by atoms with Crippen molar-refractivity contribution in [3.05, 3.63) is 24.3 Å². The molecule has 5 nitrogen and oxygen atoms in total. The van der Waals surface area contributed by atoms with Crippen LogP contribution in [0.2, 0.25) is 0 Å². The van der Waals surface area contributed by atoms with Crippen LogP contribution in [0, 0.1) is 5.41 Å². The molecule has 0 fully saturated rings. The van der Waals surface area contributed by atoms with Gasteiger partial charge in [-0.1, -0.05) is 19.1 Å². The molecule has 5 heteroatoms. The maximum absolute atomic E-state index is 11.3. The van der Waals surface area contributed by atoms with Gasteiger partial charge in [-0.05, 0) is 20.3 Å². The van der Waals surface area contributed by atoms with Gasteiger partial charge in [0, 0.05) is 12.2 Å². The summed E-state index contributed by atoms with van der Waals surface area (Å²) >= 11 is 0. The fourth-order valence-electron chi connectivity index (χ4n) is 1.27. The highest BCUT2D eigenvalue weighted by atomic mass is 16.5. The molecule has 0 aromatic heterocycles. The molecule has 0 unspecified atom stereocenters. The number of carbonyl (C=O) groups excluding carboxylic acids is 2. The number of esters is 2.